The van der Waals surface area contributed by atoms with Crippen molar-refractivity contribution in [1.29, 1.82) is 0 Å². The van der Waals surface area contributed by atoms with E-state index in [0.29, 0.717) is 18.8 Å². The lowest BCUT2D eigenvalue weighted by molar-refractivity contribution is 0.0981. The number of rotatable bonds is 3. The minimum atomic E-state index is -0.0137. The minimum absolute atomic E-state index is 0.0137. The Hall–Kier alpha value is -3.12. The molecule has 0 bridgehead atoms. The van der Waals surface area contributed by atoms with Crippen LogP contribution in [0.4, 0.5) is 11.4 Å². The molecule has 2 aliphatic rings. The molecule has 148 valence electrons. The first kappa shape index (κ1) is 17.9. The fourth-order valence-corrected chi connectivity index (χ4v) is 4.33. The molecule has 0 fully saturated rings. The van der Waals surface area contributed by atoms with Crippen LogP contribution in [0.15, 0.2) is 54.6 Å². The van der Waals surface area contributed by atoms with Gasteiger partial charge in [-0.15, -0.1) is 0 Å². The number of aromatic amines is 1. The summed E-state index contributed by atoms with van der Waals surface area (Å²) in [6.07, 6.45) is 1.80. The van der Waals surface area contributed by atoms with Gasteiger partial charge in [0.25, 0.3) is 5.91 Å². The monoisotopic (exact) mass is 387 g/mol. The van der Waals surface area contributed by atoms with Crippen LogP contribution in [-0.2, 0) is 19.5 Å². The molecule has 29 heavy (non-hydrogen) atoms. The topological polar surface area (TPSA) is 64.3 Å². The number of carbonyl (C=O) groups is 1. The predicted molar refractivity (Wildman–Crippen MR) is 114 cm³/mol. The summed E-state index contributed by atoms with van der Waals surface area (Å²) in [6.45, 7) is 4.06. The Kier molecular flexibility index (Phi) is 4.77. The fourth-order valence-electron chi connectivity index (χ4n) is 4.33. The number of para-hydroxylation sites is 2. The number of nitrogens with one attached hydrogen (secondary N) is 2. The largest absolute Gasteiger partial charge is 0.365 e. The molecule has 0 atom stereocenters. The van der Waals surface area contributed by atoms with E-state index in [0.717, 1.165) is 55.1 Å². The Labute approximate surface area is 170 Å². The van der Waals surface area contributed by atoms with Gasteiger partial charge in [-0.05, 0) is 24.1 Å². The zero-order valence-corrected chi connectivity index (χ0v) is 16.4. The second-order valence-corrected chi connectivity index (χ2v) is 7.66. The predicted octanol–water partition coefficient (Wildman–Crippen LogP) is 3.11. The van der Waals surface area contributed by atoms with Gasteiger partial charge in [0.1, 0.15) is 0 Å². The molecule has 6 heteroatoms. The van der Waals surface area contributed by atoms with Gasteiger partial charge in [0.15, 0.2) is 5.69 Å². The maximum atomic E-state index is 13.5. The molecule has 6 nitrogen and oxygen atoms in total. The van der Waals surface area contributed by atoms with Crippen molar-refractivity contribution in [1.82, 2.24) is 15.5 Å². The van der Waals surface area contributed by atoms with E-state index in [2.05, 4.69) is 50.7 Å². The van der Waals surface area contributed by atoms with Crippen molar-refractivity contribution >= 4 is 17.3 Å². The first-order valence-electron chi connectivity index (χ1n) is 10.3. The smallest absolute Gasteiger partial charge is 0.279 e. The Morgan fingerprint density at radius 2 is 1.79 bits per heavy atom. The summed E-state index contributed by atoms with van der Waals surface area (Å²) in [6, 6.07) is 18.7. The van der Waals surface area contributed by atoms with Crippen LogP contribution in [0.2, 0.25) is 0 Å². The number of H-pyrrole nitrogens is 1. The highest BCUT2D eigenvalue weighted by Crippen LogP contribution is 2.34. The SMILES string of the molecule is O=C(c1n[nH]c2c1CNCC2)N1CCCN(Cc2ccccc2)c2ccccc21. The van der Waals surface area contributed by atoms with Gasteiger partial charge in [0, 0.05) is 50.4 Å². The van der Waals surface area contributed by atoms with Crippen molar-refractivity contribution in [3.8, 4) is 0 Å². The van der Waals surface area contributed by atoms with Gasteiger partial charge in [-0.3, -0.25) is 9.89 Å². The molecule has 0 saturated carbocycles. The van der Waals surface area contributed by atoms with Crippen LogP contribution in [0, 0.1) is 0 Å². The number of hydrogen-bond acceptors (Lipinski definition) is 4. The van der Waals surface area contributed by atoms with Crippen LogP contribution in [0.5, 0.6) is 0 Å². The molecule has 0 aliphatic carbocycles. The van der Waals surface area contributed by atoms with Crippen molar-refractivity contribution in [3.63, 3.8) is 0 Å². The maximum absolute atomic E-state index is 13.5. The number of benzene rings is 2. The van der Waals surface area contributed by atoms with Gasteiger partial charge in [-0.25, -0.2) is 0 Å². The number of carbonyl (C=O) groups excluding carboxylic acids is 1. The van der Waals surface area contributed by atoms with Crippen molar-refractivity contribution in [2.24, 2.45) is 0 Å². The summed E-state index contributed by atoms with van der Waals surface area (Å²) in [7, 11) is 0. The van der Waals surface area contributed by atoms with Gasteiger partial charge in [0.05, 0.1) is 11.4 Å². The van der Waals surface area contributed by atoms with Crippen molar-refractivity contribution in [3.05, 3.63) is 77.1 Å². The van der Waals surface area contributed by atoms with E-state index in [-0.39, 0.29) is 5.91 Å². The quantitative estimate of drug-likeness (QED) is 0.725. The van der Waals surface area contributed by atoms with Gasteiger partial charge in [-0.1, -0.05) is 42.5 Å². The third kappa shape index (κ3) is 3.40. The lowest BCUT2D eigenvalue weighted by atomic mass is 10.1. The highest BCUT2D eigenvalue weighted by molar-refractivity contribution is 6.07. The molecule has 2 aromatic carbocycles. The van der Waals surface area contributed by atoms with Crippen molar-refractivity contribution in [2.45, 2.75) is 25.9 Å². The molecule has 3 aromatic rings. The summed E-state index contributed by atoms with van der Waals surface area (Å²) in [5.74, 6) is -0.0137. The zero-order valence-electron chi connectivity index (χ0n) is 16.4. The van der Waals surface area contributed by atoms with Gasteiger partial charge in [0.2, 0.25) is 0 Å². The molecule has 0 unspecified atom stereocenters. The van der Waals surface area contributed by atoms with Crippen LogP contribution in [-0.4, -0.2) is 35.7 Å². The number of fused-ring (bicyclic) bond motifs is 2. The van der Waals surface area contributed by atoms with Crippen LogP contribution < -0.4 is 15.1 Å². The minimum Gasteiger partial charge on any atom is -0.365 e. The van der Waals surface area contributed by atoms with Crippen LogP contribution in [0.25, 0.3) is 0 Å². The van der Waals surface area contributed by atoms with E-state index >= 15 is 0 Å². The third-order valence-corrected chi connectivity index (χ3v) is 5.79. The summed E-state index contributed by atoms with van der Waals surface area (Å²) in [5.41, 5.74) is 5.99. The number of aromatic nitrogens is 2. The summed E-state index contributed by atoms with van der Waals surface area (Å²) in [5, 5.41) is 10.8. The summed E-state index contributed by atoms with van der Waals surface area (Å²) in [4.78, 5) is 17.8. The summed E-state index contributed by atoms with van der Waals surface area (Å²) >= 11 is 0. The van der Waals surface area contributed by atoms with Gasteiger partial charge >= 0.3 is 0 Å². The second kappa shape index (κ2) is 7.72. The lowest BCUT2D eigenvalue weighted by Gasteiger charge is -2.27. The molecule has 2 N–H and O–H groups in total. The number of hydrogen-bond donors (Lipinski definition) is 2. The van der Waals surface area contributed by atoms with Crippen LogP contribution >= 0.6 is 0 Å². The molecule has 2 aliphatic heterocycles. The molecule has 0 saturated heterocycles. The zero-order chi connectivity index (χ0) is 19.6. The van der Waals surface area contributed by atoms with E-state index in [4.69, 9.17) is 0 Å². The molecule has 0 spiro atoms. The average molecular weight is 387 g/mol. The lowest BCUT2D eigenvalue weighted by Crippen LogP contribution is -2.33. The van der Waals surface area contributed by atoms with Crippen molar-refractivity contribution < 1.29 is 4.79 Å². The van der Waals surface area contributed by atoms with Crippen LogP contribution in [0.3, 0.4) is 0 Å². The van der Waals surface area contributed by atoms with Crippen molar-refractivity contribution in [2.75, 3.05) is 29.4 Å². The standard InChI is InChI=1S/C23H25N5O/c29-23(22-18-15-24-12-11-19(18)25-26-22)28-14-6-13-27(16-17-7-2-1-3-8-17)20-9-4-5-10-21(20)28/h1-5,7-10,24H,6,11-16H2,(H,25,26). The highest BCUT2D eigenvalue weighted by Gasteiger charge is 2.30. The highest BCUT2D eigenvalue weighted by atomic mass is 16.2. The molecule has 1 amide bonds. The van der Waals surface area contributed by atoms with Crippen LogP contribution in [0.1, 0.15) is 33.7 Å². The molecular weight excluding hydrogens is 362 g/mol. The van der Waals surface area contributed by atoms with Gasteiger partial charge < -0.3 is 15.1 Å². The van der Waals surface area contributed by atoms with E-state index in [1.54, 1.807) is 0 Å². The maximum Gasteiger partial charge on any atom is 0.279 e. The number of anilines is 2. The molecule has 5 rings (SSSR count). The first-order chi connectivity index (χ1) is 14.3. The Balaban J connectivity index is 1.48. The molecule has 0 radical (unpaired) electrons. The van der Waals surface area contributed by atoms with E-state index < -0.39 is 0 Å². The second-order valence-electron chi connectivity index (χ2n) is 7.66. The number of amides is 1. The van der Waals surface area contributed by atoms with Gasteiger partial charge in [-0.2, -0.15) is 5.10 Å². The van der Waals surface area contributed by atoms with E-state index in [1.807, 2.05) is 29.2 Å². The Morgan fingerprint density at radius 1 is 1.00 bits per heavy atom. The number of nitrogens with zero attached hydrogens (tertiary/aromatic N) is 3. The first-order valence-corrected chi connectivity index (χ1v) is 10.3. The molecule has 3 heterocycles. The van der Waals surface area contributed by atoms with E-state index in [9.17, 15) is 4.79 Å². The van der Waals surface area contributed by atoms with E-state index in [1.165, 1.54) is 5.56 Å². The Bertz CT molecular complexity index is 1010. The molecular formula is C23H25N5O. The molecule has 1 aromatic heterocycles. The third-order valence-electron chi connectivity index (χ3n) is 5.79. The fraction of sp³-hybridized carbons (Fsp3) is 0.304. The summed E-state index contributed by atoms with van der Waals surface area (Å²) < 4.78 is 0. The Morgan fingerprint density at radius 3 is 2.66 bits per heavy atom. The average Bonchev–Trinajstić information content (AvgIpc) is 3.12. The normalized spacial score (nSPS) is 16.1.